The normalized spacial score (nSPS) is 11.4. The van der Waals surface area contributed by atoms with Crippen molar-refractivity contribution in [3.8, 4) is 21.9 Å². The lowest BCUT2D eigenvalue weighted by atomic mass is 10.1. The van der Waals surface area contributed by atoms with E-state index in [1.54, 1.807) is 40.9 Å². The molecule has 0 aliphatic carbocycles. The van der Waals surface area contributed by atoms with E-state index in [1.807, 2.05) is 32.0 Å². The van der Waals surface area contributed by atoms with Gasteiger partial charge in [0, 0.05) is 27.9 Å². The van der Waals surface area contributed by atoms with Crippen LogP contribution in [0.25, 0.3) is 32.9 Å². The fourth-order valence-corrected chi connectivity index (χ4v) is 5.25. The van der Waals surface area contributed by atoms with Crippen LogP contribution in [0, 0.1) is 13.8 Å². The molecule has 5 rings (SSSR count). The summed E-state index contributed by atoms with van der Waals surface area (Å²) in [6, 6.07) is 14.4. The average molecular weight is 569 g/mol. The molecule has 0 unspecified atom stereocenters. The van der Waals surface area contributed by atoms with Crippen LogP contribution in [0.3, 0.4) is 0 Å². The molecule has 2 N–H and O–H groups in total. The van der Waals surface area contributed by atoms with Crippen LogP contribution in [0.4, 0.5) is 5.69 Å². The Morgan fingerprint density at radius 1 is 1.11 bits per heavy atom. The molecule has 1 amide bonds. The van der Waals surface area contributed by atoms with E-state index in [0.29, 0.717) is 27.1 Å². The van der Waals surface area contributed by atoms with Crippen LogP contribution in [-0.4, -0.2) is 30.8 Å². The molecule has 0 spiro atoms. The van der Waals surface area contributed by atoms with Gasteiger partial charge >= 0.3 is 0 Å². The van der Waals surface area contributed by atoms with E-state index >= 15 is 0 Å². The molecule has 0 atom stereocenters. The molecule has 0 radical (unpaired) electrons. The first-order valence-electron chi connectivity index (χ1n) is 10.9. The molecule has 3 aromatic heterocycles. The summed E-state index contributed by atoms with van der Waals surface area (Å²) in [6.45, 7) is 3.81. The van der Waals surface area contributed by atoms with Crippen molar-refractivity contribution in [2.45, 2.75) is 13.8 Å². The zero-order chi connectivity index (χ0) is 26.1. The van der Waals surface area contributed by atoms with E-state index in [9.17, 15) is 4.79 Å². The molecule has 0 fully saturated rings. The molecule has 37 heavy (non-hydrogen) atoms. The maximum atomic E-state index is 12.4. The first-order chi connectivity index (χ1) is 17.8. The molecule has 0 saturated heterocycles. The average Bonchev–Trinajstić information content (AvgIpc) is 3.57. The number of aromatic nitrogens is 4. The largest absolute Gasteiger partial charge is 0.457 e. The first-order valence-corrected chi connectivity index (χ1v) is 12.9. The van der Waals surface area contributed by atoms with E-state index < -0.39 is 5.91 Å². The molecule has 186 valence electrons. The Kier molecular flexibility index (Phi) is 7.07. The number of hydrogen-bond acceptors (Lipinski definition) is 7. The number of aryl methyl sites for hydroxylation is 1. The number of nitrogens with one attached hydrogen (secondary N) is 2. The van der Waals surface area contributed by atoms with Gasteiger partial charge in [-0.15, -0.1) is 10.2 Å². The Morgan fingerprint density at radius 3 is 2.73 bits per heavy atom. The Hall–Kier alpha value is -3.57. The highest BCUT2D eigenvalue weighted by atomic mass is 35.5. The van der Waals surface area contributed by atoms with Gasteiger partial charge in [-0.2, -0.15) is 9.61 Å². The molecule has 0 aliphatic heterocycles. The van der Waals surface area contributed by atoms with Crippen molar-refractivity contribution >= 4 is 74.5 Å². The highest BCUT2D eigenvalue weighted by molar-refractivity contribution is 7.80. The van der Waals surface area contributed by atoms with Crippen LogP contribution in [0.2, 0.25) is 10.0 Å². The van der Waals surface area contributed by atoms with Crippen molar-refractivity contribution in [3.05, 3.63) is 81.8 Å². The van der Waals surface area contributed by atoms with Crippen molar-refractivity contribution in [2.75, 3.05) is 5.32 Å². The number of amides is 1. The van der Waals surface area contributed by atoms with Crippen molar-refractivity contribution in [2.24, 2.45) is 0 Å². The number of carbonyl (C=O) groups excluding carboxylic acids is 1. The minimum absolute atomic E-state index is 0.164. The summed E-state index contributed by atoms with van der Waals surface area (Å²) in [5.41, 5.74) is 3.33. The minimum Gasteiger partial charge on any atom is -0.457 e. The number of nitrogens with zero attached hydrogens (tertiary/aromatic N) is 4. The number of hydrogen-bond donors (Lipinski definition) is 2. The fraction of sp³-hybridized carbons (Fsp3) is 0.0800. The Morgan fingerprint density at radius 2 is 1.95 bits per heavy atom. The SMILES string of the molecule is Cc1c(NC(=S)NC(=O)/C=C/c2ccc(-c3ccc(Cl)cc3Cl)o2)cccc1-c1nn2c(C)nnc2s1. The van der Waals surface area contributed by atoms with Crippen LogP contribution in [0.5, 0.6) is 0 Å². The third-order valence-electron chi connectivity index (χ3n) is 5.42. The summed E-state index contributed by atoms with van der Waals surface area (Å²) in [6.07, 6.45) is 2.89. The second kappa shape index (κ2) is 10.4. The van der Waals surface area contributed by atoms with Gasteiger partial charge in [0.2, 0.25) is 10.9 Å². The monoisotopic (exact) mass is 568 g/mol. The lowest BCUT2D eigenvalue weighted by molar-refractivity contribution is -0.115. The van der Waals surface area contributed by atoms with Crippen LogP contribution < -0.4 is 10.6 Å². The second-order valence-electron chi connectivity index (χ2n) is 7.93. The number of halogens is 2. The van der Waals surface area contributed by atoms with E-state index in [2.05, 4.69) is 25.9 Å². The molecule has 3 heterocycles. The Labute approximate surface area is 230 Å². The molecular formula is C25H18Cl2N6O2S2. The predicted molar refractivity (Wildman–Crippen MR) is 151 cm³/mol. The number of anilines is 1. The topological polar surface area (TPSA) is 97.3 Å². The molecule has 12 heteroatoms. The van der Waals surface area contributed by atoms with Gasteiger partial charge in [0.1, 0.15) is 16.5 Å². The number of furan rings is 1. The zero-order valence-electron chi connectivity index (χ0n) is 19.5. The lowest BCUT2D eigenvalue weighted by Gasteiger charge is -2.13. The van der Waals surface area contributed by atoms with E-state index in [0.717, 1.165) is 32.6 Å². The van der Waals surface area contributed by atoms with Crippen molar-refractivity contribution < 1.29 is 9.21 Å². The summed E-state index contributed by atoms with van der Waals surface area (Å²) in [5.74, 6) is 1.37. The third-order valence-corrected chi connectivity index (χ3v) is 7.10. The van der Waals surface area contributed by atoms with Gasteiger partial charge in [0.25, 0.3) is 0 Å². The van der Waals surface area contributed by atoms with Crippen LogP contribution in [0.15, 0.2) is 59.0 Å². The van der Waals surface area contributed by atoms with Gasteiger partial charge in [0.05, 0.1) is 5.02 Å². The van der Waals surface area contributed by atoms with E-state index in [1.165, 1.54) is 17.4 Å². The Bertz CT molecular complexity index is 1690. The number of thiocarbonyl (C=S) groups is 1. The van der Waals surface area contributed by atoms with E-state index in [-0.39, 0.29) is 5.11 Å². The smallest absolute Gasteiger partial charge is 0.250 e. The Balaban J connectivity index is 1.23. The maximum absolute atomic E-state index is 12.4. The van der Waals surface area contributed by atoms with Gasteiger partial charge in [-0.1, -0.05) is 46.7 Å². The molecule has 0 bridgehead atoms. The number of rotatable bonds is 5. The fourth-order valence-electron chi connectivity index (χ4n) is 3.57. The summed E-state index contributed by atoms with van der Waals surface area (Å²) in [4.78, 5) is 13.2. The van der Waals surface area contributed by atoms with Crippen LogP contribution in [-0.2, 0) is 4.79 Å². The maximum Gasteiger partial charge on any atom is 0.250 e. The van der Waals surface area contributed by atoms with Crippen LogP contribution >= 0.6 is 46.8 Å². The van der Waals surface area contributed by atoms with Gasteiger partial charge in [-0.25, -0.2) is 0 Å². The highest BCUT2D eigenvalue weighted by Crippen LogP contribution is 2.33. The summed E-state index contributed by atoms with van der Waals surface area (Å²) in [5, 5.41) is 20.5. The van der Waals surface area contributed by atoms with Gasteiger partial charge in [-0.05, 0) is 74.1 Å². The third kappa shape index (κ3) is 5.42. The molecule has 0 aliphatic rings. The van der Waals surface area contributed by atoms with Gasteiger partial charge < -0.3 is 9.73 Å². The van der Waals surface area contributed by atoms with Crippen molar-refractivity contribution in [3.63, 3.8) is 0 Å². The number of benzene rings is 2. The molecule has 0 saturated carbocycles. The molecule has 8 nitrogen and oxygen atoms in total. The highest BCUT2D eigenvalue weighted by Gasteiger charge is 2.15. The second-order valence-corrected chi connectivity index (χ2v) is 10.1. The molecule has 2 aromatic carbocycles. The molecule has 5 aromatic rings. The first kappa shape index (κ1) is 25.1. The zero-order valence-corrected chi connectivity index (χ0v) is 22.6. The summed E-state index contributed by atoms with van der Waals surface area (Å²) >= 11 is 19.0. The van der Waals surface area contributed by atoms with Gasteiger partial charge in [0.15, 0.2) is 10.9 Å². The van der Waals surface area contributed by atoms with E-state index in [4.69, 9.17) is 39.8 Å². The van der Waals surface area contributed by atoms with Crippen LogP contribution in [0.1, 0.15) is 17.1 Å². The summed E-state index contributed by atoms with van der Waals surface area (Å²) in [7, 11) is 0. The summed E-state index contributed by atoms with van der Waals surface area (Å²) < 4.78 is 7.49. The number of fused-ring (bicyclic) bond motifs is 1. The standard InChI is InChI=1S/C25H18Cl2N6O2S2/c1-13-17(23-32-33-14(2)30-31-25(33)37-23)4-3-5-20(13)28-24(36)29-22(34)11-8-16-7-10-21(35-16)18-9-6-15(26)12-19(18)27/h3-12H,1-2H3,(H2,28,29,34,36)/b11-8+. The minimum atomic E-state index is -0.405. The lowest BCUT2D eigenvalue weighted by Crippen LogP contribution is -2.33. The van der Waals surface area contributed by atoms with Crippen molar-refractivity contribution in [1.29, 1.82) is 0 Å². The van der Waals surface area contributed by atoms with Crippen molar-refractivity contribution in [1.82, 2.24) is 25.1 Å². The van der Waals surface area contributed by atoms with Gasteiger partial charge in [-0.3, -0.25) is 10.1 Å². The quantitative estimate of drug-likeness (QED) is 0.183. The predicted octanol–water partition coefficient (Wildman–Crippen LogP) is 6.56. The number of carbonyl (C=O) groups is 1. The molecular weight excluding hydrogens is 551 g/mol.